The first-order valence-electron chi connectivity index (χ1n) is 11.1. The van der Waals surface area contributed by atoms with Gasteiger partial charge in [-0.15, -0.1) is 0 Å². The highest BCUT2D eigenvalue weighted by Crippen LogP contribution is 2.59. The fraction of sp³-hybridized carbons (Fsp3) is 0.667. The Morgan fingerprint density at radius 1 is 1.23 bits per heavy atom. The van der Waals surface area contributed by atoms with E-state index in [1.165, 1.54) is 26.2 Å². The van der Waals surface area contributed by atoms with E-state index in [0.29, 0.717) is 30.0 Å². The number of carbonyl (C=O) groups is 2. The molecule has 2 saturated carbocycles. The summed E-state index contributed by atoms with van der Waals surface area (Å²) in [4.78, 5) is 24.4. The highest BCUT2D eigenvalue weighted by atomic mass is 16.5. The van der Waals surface area contributed by atoms with Crippen molar-refractivity contribution in [3.63, 3.8) is 0 Å². The topological polar surface area (TPSA) is 87.7 Å². The maximum absolute atomic E-state index is 12.3. The molecule has 0 bridgehead atoms. The van der Waals surface area contributed by atoms with Crippen LogP contribution in [0.3, 0.4) is 0 Å². The number of rotatable bonds is 10. The van der Waals surface area contributed by atoms with Crippen molar-refractivity contribution < 1.29 is 19.4 Å². The molecule has 0 radical (unpaired) electrons. The number of fused-ring (bicyclic) bond motifs is 1. The number of hydrogen-bond donors (Lipinski definition) is 3. The summed E-state index contributed by atoms with van der Waals surface area (Å²) in [7, 11) is 0. The molecule has 0 aromatic heterocycles. The number of β-amino-alcohol motifs (C(OH)–C–C–N with tert-alkyl or cyclic N) is 1. The molecule has 30 heavy (non-hydrogen) atoms. The van der Waals surface area contributed by atoms with Gasteiger partial charge >= 0.3 is 0 Å². The lowest BCUT2D eigenvalue weighted by Crippen LogP contribution is -2.42. The van der Waals surface area contributed by atoms with Gasteiger partial charge in [0, 0.05) is 24.2 Å². The Balaban J connectivity index is 1.50. The number of amides is 1. The van der Waals surface area contributed by atoms with Crippen LogP contribution in [0.4, 0.5) is 5.69 Å². The summed E-state index contributed by atoms with van der Waals surface area (Å²) in [6, 6.07) is 5.08. The second kappa shape index (κ2) is 9.48. The number of carbonyl (C=O) groups excluding carboxylic acids is 2. The van der Waals surface area contributed by atoms with E-state index in [1.807, 2.05) is 20.8 Å². The van der Waals surface area contributed by atoms with Gasteiger partial charge in [-0.2, -0.15) is 0 Å². The summed E-state index contributed by atoms with van der Waals surface area (Å²) in [6.07, 6.45) is 4.82. The van der Waals surface area contributed by atoms with E-state index in [9.17, 15) is 14.7 Å². The SMILES string of the molecule is CC(=O)c1cc(NC(=O)CCC2C3CCCC32)ccc1OCC(O)CNC(C)(C)C. The molecule has 1 aromatic rings. The number of ketones is 1. The molecule has 1 aromatic carbocycles. The summed E-state index contributed by atoms with van der Waals surface area (Å²) in [6.45, 7) is 8.03. The zero-order chi connectivity index (χ0) is 21.9. The first-order chi connectivity index (χ1) is 14.1. The molecule has 0 heterocycles. The Labute approximate surface area is 179 Å². The van der Waals surface area contributed by atoms with Gasteiger partial charge in [0.25, 0.3) is 0 Å². The Morgan fingerprint density at radius 3 is 2.57 bits per heavy atom. The first kappa shape index (κ1) is 22.8. The van der Waals surface area contributed by atoms with E-state index >= 15 is 0 Å². The van der Waals surface area contributed by atoms with Crippen molar-refractivity contribution in [2.75, 3.05) is 18.5 Å². The fourth-order valence-electron chi connectivity index (χ4n) is 4.60. The van der Waals surface area contributed by atoms with Gasteiger partial charge in [-0.1, -0.05) is 6.42 Å². The van der Waals surface area contributed by atoms with Crippen LogP contribution in [-0.4, -0.2) is 41.6 Å². The van der Waals surface area contributed by atoms with Gasteiger partial charge in [0.1, 0.15) is 18.5 Å². The summed E-state index contributed by atoms with van der Waals surface area (Å²) in [5.74, 6) is 2.74. The Kier molecular flexibility index (Phi) is 7.19. The van der Waals surface area contributed by atoms with Crippen LogP contribution < -0.4 is 15.4 Å². The lowest BCUT2D eigenvalue weighted by atomic mass is 10.1. The number of ether oxygens (including phenoxy) is 1. The predicted molar refractivity (Wildman–Crippen MR) is 118 cm³/mol. The predicted octanol–water partition coefficient (Wildman–Crippen LogP) is 3.78. The third kappa shape index (κ3) is 6.29. The molecule has 1 amide bonds. The van der Waals surface area contributed by atoms with E-state index in [4.69, 9.17) is 4.74 Å². The molecule has 0 saturated heterocycles. The molecule has 0 spiro atoms. The molecular weight excluding hydrogens is 380 g/mol. The minimum absolute atomic E-state index is 0.00757. The number of anilines is 1. The number of nitrogens with one attached hydrogen (secondary N) is 2. The molecule has 0 aliphatic heterocycles. The third-order valence-electron chi connectivity index (χ3n) is 6.23. The molecule has 6 nitrogen and oxygen atoms in total. The molecule has 2 aliphatic rings. The van der Waals surface area contributed by atoms with Gasteiger partial charge in [-0.05, 0) is 82.9 Å². The molecular formula is C24H36N2O4. The minimum Gasteiger partial charge on any atom is -0.490 e. The molecule has 2 fully saturated rings. The number of aliphatic hydroxyl groups excluding tert-OH is 1. The van der Waals surface area contributed by atoms with Gasteiger partial charge in [-0.25, -0.2) is 0 Å². The Bertz CT molecular complexity index is 761. The van der Waals surface area contributed by atoms with Gasteiger partial charge < -0.3 is 20.5 Å². The van der Waals surface area contributed by atoms with E-state index in [-0.39, 0.29) is 23.8 Å². The monoisotopic (exact) mass is 416 g/mol. The molecule has 3 rings (SSSR count). The van der Waals surface area contributed by atoms with Crippen LogP contribution in [0.2, 0.25) is 0 Å². The highest BCUT2D eigenvalue weighted by Gasteiger charge is 2.51. The fourth-order valence-corrected chi connectivity index (χ4v) is 4.60. The summed E-state index contributed by atoms with van der Waals surface area (Å²) < 4.78 is 5.69. The zero-order valence-corrected chi connectivity index (χ0v) is 18.7. The van der Waals surface area contributed by atoms with Gasteiger partial charge in [0.15, 0.2) is 5.78 Å². The van der Waals surface area contributed by atoms with E-state index in [2.05, 4.69) is 10.6 Å². The van der Waals surface area contributed by atoms with Crippen molar-refractivity contribution in [3.8, 4) is 5.75 Å². The molecule has 166 valence electrons. The van der Waals surface area contributed by atoms with Crippen LogP contribution in [0.5, 0.6) is 5.75 Å². The lowest BCUT2D eigenvalue weighted by Gasteiger charge is -2.23. The van der Waals surface area contributed by atoms with E-state index < -0.39 is 6.10 Å². The van der Waals surface area contributed by atoms with Crippen molar-refractivity contribution in [2.24, 2.45) is 17.8 Å². The maximum Gasteiger partial charge on any atom is 0.224 e. The largest absolute Gasteiger partial charge is 0.490 e. The average molecular weight is 417 g/mol. The standard InChI is InChI=1S/C24H36N2O4/c1-15(27)21-12-16(26-23(29)11-9-20-18-6-5-7-19(18)20)8-10-22(21)30-14-17(28)13-25-24(2,3)4/h8,10,12,17-20,25,28H,5-7,9,11,13-14H2,1-4H3,(H,26,29). The number of hydrogen-bond acceptors (Lipinski definition) is 5. The van der Waals surface area contributed by atoms with Crippen LogP contribution >= 0.6 is 0 Å². The summed E-state index contributed by atoms with van der Waals surface area (Å²) >= 11 is 0. The third-order valence-corrected chi connectivity index (χ3v) is 6.23. The Hall–Kier alpha value is -1.92. The average Bonchev–Trinajstić information content (AvgIpc) is 3.09. The van der Waals surface area contributed by atoms with Crippen molar-refractivity contribution >= 4 is 17.4 Å². The second-order valence-electron chi connectivity index (χ2n) is 9.87. The van der Waals surface area contributed by atoms with Crippen LogP contribution in [0.25, 0.3) is 0 Å². The van der Waals surface area contributed by atoms with Crippen LogP contribution in [-0.2, 0) is 4.79 Å². The molecule has 2 aliphatic carbocycles. The number of benzene rings is 1. The quantitative estimate of drug-likeness (QED) is 0.505. The number of aliphatic hydroxyl groups is 1. The van der Waals surface area contributed by atoms with Gasteiger partial charge in [0.05, 0.1) is 5.56 Å². The summed E-state index contributed by atoms with van der Waals surface area (Å²) in [5.41, 5.74) is 0.910. The van der Waals surface area contributed by atoms with Gasteiger partial charge in [0.2, 0.25) is 5.91 Å². The maximum atomic E-state index is 12.3. The first-order valence-corrected chi connectivity index (χ1v) is 11.1. The van der Waals surface area contributed by atoms with Crippen molar-refractivity contribution in [1.82, 2.24) is 5.32 Å². The summed E-state index contributed by atoms with van der Waals surface area (Å²) in [5, 5.41) is 16.2. The zero-order valence-electron chi connectivity index (χ0n) is 18.7. The van der Waals surface area contributed by atoms with Crippen LogP contribution in [0.15, 0.2) is 18.2 Å². The molecule has 3 N–H and O–H groups in total. The van der Waals surface area contributed by atoms with Crippen molar-refractivity contribution in [2.45, 2.75) is 71.4 Å². The van der Waals surface area contributed by atoms with Crippen molar-refractivity contribution in [1.29, 1.82) is 0 Å². The van der Waals surface area contributed by atoms with E-state index in [1.54, 1.807) is 18.2 Å². The van der Waals surface area contributed by atoms with Crippen molar-refractivity contribution in [3.05, 3.63) is 23.8 Å². The van der Waals surface area contributed by atoms with E-state index in [0.717, 1.165) is 24.2 Å². The molecule has 3 atom stereocenters. The Morgan fingerprint density at radius 2 is 1.93 bits per heavy atom. The normalized spacial score (nSPS) is 23.6. The minimum atomic E-state index is -0.690. The molecule has 3 unspecified atom stereocenters. The number of Topliss-reactive ketones (excluding diaryl/α,β-unsaturated/α-hetero) is 1. The van der Waals surface area contributed by atoms with Crippen LogP contribution in [0, 0.1) is 17.8 Å². The highest BCUT2D eigenvalue weighted by molar-refractivity contribution is 5.99. The second-order valence-corrected chi connectivity index (χ2v) is 9.87. The lowest BCUT2D eigenvalue weighted by molar-refractivity contribution is -0.116. The molecule has 6 heteroatoms. The van der Waals surface area contributed by atoms with Gasteiger partial charge in [-0.3, -0.25) is 9.59 Å². The van der Waals surface area contributed by atoms with Crippen LogP contribution in [0.1, 0.15) is 70.2 Å². The smallest absolute Gasteiger partial charge is 0.224 e.